The molecule has 1 aromatic carbocycles. The summed E-state index contributed by atoms with van der Waals surface area (Å²) < 4.78 is 2.19. The van der Waals surface area contributed by atoms with E-state index in [9.17, 15) is 0 Å². The molecule has 0 bridgehead atoms. The number of aromatic nitrogens is 2. The first-order chi connectivity index (χ1) is 14.5. The number of likely N-dealkylation sites (tertiary alicyclic amines) is 1. The van der Waals surface area contributed by atoms with Gasteiger partial charge in [-0.05, 0) is 57.4 Å². The highest BCUT2D eigenvalue weighted by molar-refractivity contribution is 5.73. The van der Waals surface area contributed by atoms with Gasteiger partial charge < -0.3 is 10.2 Å². The maximum absolute atomic E-state index is 4.83. The van der Waals surface area contributed by atoms with Crippen molar-refractivity contribution in [3.05, 3.63) is 54.2 Å². The second-order valence-corrected chi connectivity index (χ2v) is 10.2. The first-order valence-electron chi connectivity index (χ1n) is 11.9. The van der Waals surface area contributed by atoms with E-state index in [1.807, 2.05) is 0 Å². The zero-order valence-corrected chi connectivity index (χ0v) is 18.6. The molecule has 1 N–H and O–H groups in total. The molecule has 0 spiro atoms. The average Bonchev–Trinajstić information content (AvgIpc) is 3.42. The maximum atomic E-state index is 4.83. The molecule has 1 saturated heterocycles. The van der Waals surface area contributed by atoms with Gasteiger partial charge in [-0.3, -0.25) is 0 Å². The third kappa shape index (κ3) is 3.44. The van der Waals surface area contributed by atoms with Gasteiger partial charge in [-0.25, -0.2) is 4.68 Å². The zero-order chi connectivity index (χ0) is 20.7. The fraction of sp³-hybridized carbons (Fsp3) is 0.577. The topological polar surface area (TPSA) is 33.1 Å². The van der Waals surface area contributed by atoms with Gasteiger partial charge >= 0.3 is 0 Å². The Morgan fingerprint density at radius 1 is 1.07 bits per heavy atom. The Morgan fingerprint density at radius 3 is 2.60 bits per heavy atom. The van der Waals surface area contributed by atoms with Crippen molar-refractivity contribution >= 4 is 11.5 Å². The molecule has 2 aliphatic heterocycles. The smallest absolute Gasteiger partial charge is 0.134 e. The van der Waals surface area contributed by atoms with Crippen LogP contribution >= 0.6 is 0 Å². The second kappa shape index (κ2) is 7.79. The zero-order valence-electron chi connectivity index (χ0n) is 18.6. The van der Waals surface area contributed by atoms with Crippen LogP contribution in [0, 0.1) is 5.92 Å². The summed E-state index contributed by atoms with van der Waals surface area (Å²) in [5.74, 6) is 1.98. The maximum Gasteiger partial charge on any atom is 0.134 e. The van der Waals surface area contributed by atoms with Gasteiger partial charge in [0, 0.05) is 18.3 Å². The van der Waals surface area contributed by atoms with Crippen molar-refractivity contribution in [2.24, 2.45) is 5.92 Å². The van der Waals surface area contributed by atoms with Gasteiger partial charge in [0.1, 0.15) is 5.82 Å². The molecule has 0 radical (unpaired) electrons. The van der Waals surface area contributed by atoms with Gasteiger partial charge in [-0.15, -0.1) is 0 Å². The number of hydrogen-bond acceptors (Lipinski definition) is 3. The molecule has 2 atom stereocenters. The van der Waals surface area contributed by atoms with E-state index in [0.29, 0.717) is 12.1 Å². The Labute approximate surface area is 181 Å². The molecule has 1 aliphatic carbocycles. The quantitative estimate of drug-likeness (QED) is 0.659. The second-order valence-electron chi connectivity index (χ2n) is 10.2. The van der Waals surface area contributed by atoms with E-state index >= 15 is 0 Å². The minimum Gasteiger partial charge on any atom is -0.368 e. The van der Waals surface area contributed by atoms with Crippen molar-refractivity contribution in [1.82, 2.24) is 14.7 Å². The molecule has 5 rings (SSSR count). The lowest BCUT2D eigenvalue weighted by Crippen LogP contribution is -2.38. The van der Waals surface area contributed by atoms with Gasteiger partial charge in [0.15, 0.2) is 0 Å². The van der Waals surface area contributed by atoms with E-state index in [1.165, 1.54) is 61.8 Å². The van der Waals surface area contributed by atoms with Gasteiger partial charge in [0.05, 0.1) is 23.3 Å². The van der Waals surface area contributed by atoms with E-state index < -0.39 is 0 Å². The average molecular weight is 405 g/mol. The molecular weight excluding hydrogens is 368 g/mol. The predicted molar refractivity (Wildman–Crippen MR) is 124 cm³/mol. The summed E-state index contributed by atoms with van der Waals surface area (Å²) in [6.45, 7) is 10.3. The number of anilines is 1. The molecule has 2 aromatic rings. The molecule has 1 aromatic heterocycles. The predicted octanol–water partition coefficient (Wildman–Crippen LogP) is 6.19. The third-order valence-corrected chi connectivity index (χ3v) is 7.71. The largest absolute Gasteiger partial charge is 0.368 e. The van der Waals surface area contributed by atoms with Crippen LogP contribution in [0.15, 0.2) is 43.1 Å². The van der Waals surface area contributed by atoms with Gasteiger partial charge in [0.2, 0.25) is 0 Å². The lowest BCUT2D eigenvalue weighted by molar-refractivity contribution is 0.212. The number of nitrogens with zero attached hydrogens (tertiary/aromatic N) is 3. The lowest BCUT2D eigenvalue weighted by Gasteiger charge is -2.40. The highest BCUT2D eigenvalue weighted by Crippen LogP contribution is 2.44. The van der Waals surface area contributed by atoms with E-state index in [2.05, 4.69) is 71.9 Å². The van der Waals surface area contributed by atoms with Crippen LogP contribution in [0.4, 0.5) is 5.82 Å². The van der Waals surface area contributed by atoms with Crippen molar-refractivity contribution in [2.45, 2.75) is 82.8 Å². The first-order valence-corrected chi connectivity index (χ1v) is 11.9. The number of hydrogen-bond donors (Lipinski definition) is 1. The van der Waals surface area contributed by atoms with Crippen LogP contribution < -0.4 is 5.32 Å². The highest BCUT2D eigenvalue weighted by atomic mass is 15.4. The van der Waals surface area contributed by atoms with Crippen molar-refractivity contribution in [3.8, 4) is 0 Å². The van der Waals surface area contributed by atoms with Crippen LogP contribution in [0.2, 0.25) is 0 Å². The molecule has 1 saturated carbocycles. The molecule has 2 unspecified atom stereocenters. The minimum absolute atomic E-state index is 0.0343. The van der Waals surface area contributed by atoms with Crippen molar-refractivity contribution in [1.29, 1.82) is 0 Å². The summed E-state index contributed by atoms with van der Waals surface area (Å²) in [5.41, 5.74) is 3.66. The molecule has 3 aliphatic rings. The SMILES string of the molecule is C=C(c1cnn2c1NC(c1ccccc1)CC2(C)C)N1CCCC1C1CCCCC1. The number of fused-ring (bicyclic) bond motifs is 1. The monoisotopic (exact) mass is 404 g/mol. The molecular formula is C26H36N4. The van der Waals surface area contributed by atoms with Crippen LogP contribution in [0.5, 0.6) is 0 Å². The number of rotatable bonds is 4. The Kier molecular flexibility index (Phi) is 5.12. The summed E-state index contributed by atoms with van der Waals surface area (Å²) in [6, 6.07) is 11.8. The molecule has 2 fully saturated rings. The third-order valence-electron chi connectivity index (χ3n) is 7.71. The van der Waals surface area contributed by atoms with E-state index in [-0.39, 0.29) is 5.54 Å². The summed E-state index contributed by atoms with van der Waals surface area (Å²) in [6.07, 6.45) is 12.7. The van der Waals surface area contributed by atoms with Crippen molar-refractivity contribution in [2.75, 3.05) is 11.9 Å². The van der Waals surface area contributed by atoms with Crippen LogP contribution in [-0.2, 0) is 5.54 Å². The fourth-order valence-electron chi connectivity index (χ4n) is 6.14. The molecule has 0 amide bonds. The normalized spacial score (nSPS) is 26.3. The molecule has 4 heteroatoms. The van der Waals surface area contributed by atoms with E-state index in [4.69, 9.17) is 5.10 Å². The van der Waals surface area contributed by atoms with E-state index in [1.54, 1.807) is 0 Å². The number of nitrogens with one attached hydrogen (secondary N) is 1. The van der Waals surface area contributed by atoms with Gasteiger partial charge in [-0.1, -0.05) is 56.2 Å². The van der Waals surface area contributed by atoms with Crippen LogP contribution in [0.25, 0.3) is 5.70 Å². The summed E-state index contributed by atoms with van der Waals surface area (Å²) in [4.78, 5) is 2.62. The molecule has 3 heterocycles. The summed E-state index contributed by atoms with van der Waals surface area (Å²) in [7, 11) is 0. The lowest BCUT2D eigenvalue weighted by atomic mass is 9.82. The van der Waals surface area contributed by atoms with Gasteiger partial charge in [0.25, 0.3) is 0 Å². The highest BCUT2D eigenvalue weighted by Gasteiger charge is 2.38. The standard InChI is InChI=1S/C26H36N4/c1-19(29-16-10-15-24(29)21-13-8-5-9-14-21)22-18-27-30-25(22)28-23(17-26(30,2)3)20-11-6-4-7-12-20/h4,6-7,11-12,18,21,23-24,28H,1,5,8-10,13-17H2,2-3H3. The van der Waals surface area contributed by atoms with E-state index in [0.717, 1.165) is 24.7 Å². The van der Waals surface area contributed by atoms with Crippen LogP contribution in [-0.4, -0.2) is 27.3 Å². The Balaban J connectivity index is 1.44. The summed E-state index contributed by atoms with van der Waals surface area (Å²) in [5, 5.41) is 8.66. The van der Waals surface area contributed by atoms with Gasteiger partial charge in [-0.2, -0.15) is 5.10 Å². The first kappa shape index (κ1) is 19.7. The minimum atomic E-state index is -0.0343. The Hall–Kier alpha value is -2.23. The molecule has 30 heavy (non-hydrogen) atoms. The fourth-order valence-corrected chi connectivity index (χ4v) is 6.14. The van der Waals surface area contributed by atoms with Crippen molar-refractivity contribution in [3.63, 3.8) is 0 Å². The molecule has 4 nitrogen and oxygen atoms in total. The summed E-state index contributed by atoms with van der Waals surface area (Å²) >= 11 is 0. The van der Waals surface area contributed by atoms with Crippen LogP contribution in [0.1, 0.15) is 82.4 Å². The molecule has 160 valence electrons. The van der Waals surface area contributed by atoms with Crippen molar-refractivity contribution < 1.29 is 0 Å². The van der Waals surface area contributed by atoms with Crippen LogP contribution in [0.3, 0.4) is 0 Å². The Bertz CT molecular complexity index is 891. The Morgan fingerprint density at radius 2 is 1.83 bits per heavy atom. The number of benzene rings is 1.